The van der Waals surface area contributed by atoms with Gasteiger partial charge >= 0.3 is 6.03 Å². The average Bonchev–Trinajstić information content (AvgIpc) is 3.42. The van der Waals surface area contributed by atoms with Crippen LogP contribution in [0.2, 0.25) is 0 Å². The number of hydrogen-bond donors (Lipinski definition) is 3. The van der Waals surface area contributed by atoms with Crippen LogP contribution in [0, 0.1) is 6.20 Å². The van der Waals surface area contributed by atoms with Crippen molar-refractivity contribution in [3.63, 3.8) is 0 Å². The van der Waals surface area contributed by atoms with Crippen LogP contribution < -0.4 is 11.1 Å². The molecule has 5 aromatic rings. The molecular weight excluding hydrogens is 378 g/mol. The number of carbonyl (C=O) groups excluding carboxylic acids is 1. The highest BCUT2D eigenvalue weighted by molar-refractivity contribution is 5.90. The van der Waals surface area contributed by atoms with Crippen LogP contribution in [0.15, 0.2) is 73.1 Å². The summed E-state index contributed by atoms with van der Waals surface area (Å²) in [5.74, 6) is 0.605. The highest BCUT2D eigenvalue weighted by Gasteiger charge is 2.19. The number of primary amides is 1. The molecule has 0 atom stereocenters. The molecule has 0 aliphatic rings. The first-order valence-electron chi connectivity index (χ1n) is 9.22. The van der Waals surface area contributed by atoms with Crippen molar-refractivity contribution in [2.75, 3.05) is 5.32 Å². The van der Waals surface area contributed by atoms with Crippen LogP contribution in [0.5, 0.6) is 0 Å². The minimum Gasteiger partial charge on any atom is -0.350 e. The third-order valence-electron chi connectivity index (χ3n) is 4.69. The lowest BCUT2D eigenvalue weighted by molar-refractivity contribution is 0.247. The molecule has 0 spiro atoms. The Kier molecular flexibility index (Phi) is 4.21. The maximum atomic E-state index is 11.8. The van der Waals surface area contributed by atoms with Crippen molar-refractivity contribution in [2.45, 2.75) is 0 Å². The number of hydrogen-bond acceptors (Lipinski definition) is 5. The number of H-pyrrole nitrogens is 1. The molecule has 2 aromatic carbocycles. The van der Waals surface area contributed by atoms with Gasteiger partial charge in [-0.05, 0) is 30.3 Å². The number of aromatic nitrogens is 5. The van der Waals surface area contributed by atoms with Crippen molar-refractivity contribution in [3.8, 4) is 22.4 Å². The van der Waals surface area contributed by atoms with Gasteiger partial charge in [-0.1, -0.05) is 30.3 Å². The topological polar surface area (TPSA) is 115 Å². The number of carbonyl (C=O) groups is 1. The molecule has 4 N–H and O–H groups in total. The van der Waals surface area contributed by atoms with Crippen LogP contribution >= 0.6 is 0 Å². The molecule has 0 saturated heterocycles. The van der Waals surface area contributed by atoms with Crippen molar-refractivity contribution in [1.82, 2.24) is 25.0 Å². The van der Waals surface area contributed by atoms with E-state index in [1.54, 1.807) is 12.4 Å². The number of fused-ring (bicyclic) bond motifs is 1. The lowest BCUT2D eigenvalue weighted by atomic mass is 10.0. The highest BCUT2D eigenvalue weighted by atomic mass is 16.2. The Labute approximate surface area is 171 Å². The number of pyridine rings is 1. The van der Waals surface area contributed by atoms with Gasteiger partial charge in [-0.15, -0.1) is 0 Å². The molecule has 0 bridgehead atoms. The van der Waals surface area contributed by atoms with Crippen LogP contribution in [0.1, 0.15) is 0 Å². The average molecular weight is 394 g/mol. The zero-order chi connectivity index (χ0) is 20.5. The second-order valence-corrected chi connectivity index (χ2v) is 6.65. The molecule has 3 aromatic heterocycles. The number of anilines is 2. The number of rotatable bonds is 4. The van der Waals surface area contributed by atoms with Gasteiger partial charge in [0.25, 0.3) is 0 Å². The van der Waals surface area contributed by atoms with E-state index < -0.39 is 6.03 Å². The summed E-state index contributed by atoms with van der Waals surface area (Å²) in [5.41, 5.74) is 10.0. The maximum absolute atomic E-state index is 11.8. The van der Waals surface area contributed by atoms with Crippen molar-refractivity contribution in [3.05, 3.63) is 79.3 Å². The number of nitrogens with zero attached hydrogens (tertiary/aromatic N) is 4. The van der Waals surface area contributed by atoms with Crippen molar-refractivity contribution >= 4 is 28.4 Å². The van der Waals surface area contributed by atoms with E-state index in [9.17, 15) is 4.79 Å². The summed E-state index contributed by atoms with van der Waals surface area (Å²) in [6, 6.07) is 18.5. The van der Waals surface area contributed by atoms with Gasteiger partial charge in [-0.3, -0.25) is 5.10 Å². The first kappa shape index (κ1) is 17.6. The van der Waals surface area contributed by atoms with Crippen molar-refractivity contribution in [1.29, 1.82) is 0 Å². The normalized spacial score (nSPS) is 10.9. The standard InChI is InChI=1S/C22H16N7O/c23-22(30)29-13-18(20(28-29)14-5-2-1-3-6-14)17-7-4-10-24-21(17)26-16-9-8-15-12-25-27-19(15)11-16/h1-12H,(H2,23,30)(H,24,26)(H,25,27). The van der Waals surface area contributed by atoms with Gasteiger partial charge in [-0.2, -0.15) is 14.9 Å². The van der Waals surface area contributed by atoms with Gasteiger partial charge in [0.05, 0.1) is 11.7 Å². The number of nitrogens with two attached hydrogens (primary N) is 1. The number of amides is 1. The second-order valence-electron chi connectivity index (χ2n) is 6.65. The summed E-state index contributed by atoms with van der Waals surface area (Å²) >= 11 is 0. The quantitative estimate of drug-likeness (QED) is 0.427. The second kappa shape index (κ2) is 7.17. The lowest BCUT2D eigenvalue weighted by Crippen LogP contribution is -2.20. The van der Waals surface area contributed by atoms with E-state index in [0.717, 1.165) is 32.4 Å². The Morgan fingerprint density at radius 1 is 1.10 bits per heavy atom. The summed E-state index contributed by atoms with van der Waals surface area (Å²) in [6.45, 7) is 0. The Hall–Kier alpha value is -4.46. The number of nitrogens with one attached hydrogen (secondary N) is 2. The van der Waals surface area contributed by atoms with Crippen LogP contribution in [-0.2, 0) is 0 Å². The van der Waals surface area contributed by atoms with Crippen molar-refractivity contribution in [2.24, 2.45) is 5.73 Å². The van der Waals surface area contributed by atoms with E-state index in [1.165, 1.54) is 0 Å². The molecule has 8 nitrogen and oxygen atoms in total. The zero-order valence-corrected chi connectivity index (χ0v) is 15.7. The molecule has 1 radical (unpaired) electrons. The van der Waals surface area contributed by atoms with Gasteiger partial charge in [-0.25, -0.2) is 9.78 Å². The fourth-order valence-electron chi connectivity index (χ4n) is 3.28. The van der Waals surface area contributed by atoms with Crippen molar-refractivity contribution < 1.29 is 4.79 Å². The third-order valence-corrected chi connectivity index (χ3v) is 4.69. The van der Waals surface area contributed by atoms with Crippen LogP contribution in [0.25, 0.3) is 33.3 Å². The molecule has 0 fully saturated rings. The smallest absolute Gasteiger partial charge is 0.340 e. The summed E-state index contributed by atoms with van der Waals surface area (Å²) in [4.78, 5) is 16.3. The van der Waals surface area contributed by atoms with Crippen LogP contribution in [0.4, 0.5) is 16.3 Å². The van der Waals surface area contributed by atoms with E-state index in [2.05, 4.69) is 31.8 Å². The van der Waals surface area contributed by atoms with E-state index in [1.807, 2.05) is 60.7 Å². The Bertz CT molecular complexity index is 1350. The number of benzene rings is 2. The Morgan fingerprint density at radius 2 is 1.97 bits per heavy atom. The minimum absolute atomic E-state index is 0.592. The first-order valence-corrected chi connectivity index (χ1v) is 9.22. The summed E-state index contributed by atoms with van der Waals surface area (Å²) in [6.07, 6.45) is 6.45. The lowest BCUT2D eigenvalue weighted by Gasteiger charge is -2.11. The monoisotopic (exact) mass is 394 g/mol. The molecule has 30 heavy (non-hydrogen) atoms. The Morgan fingerprint density at radius 3 is 2.80 bits per heavy atom. The predicted octanol–water partition coefficient (Wildman–Crippen LogP) is 3.96. The molecule has 0 unspecified atom stereocenters. The van der Waals surface area contributed by atoms with Gasteiger partial charge in [0.1, 0.15) is 17.7 Å². The Balaban J connectivity index is 1.62. The molecule has 5 rings (SSSR count). The fourth-order valence-corrected chi connectivity index (χ4v) is 3.28. The summed E-state index contributed by atoms with van der Waals surface area (Å²) in [5, 5.41) is 15.7. The molecular formula is C22H16N7O. The maximum Gasteiger partial charge on any atom is 0.340 e. The molecule has 1 amide bonds. The molecule has 8 heteroatoms. The summed E-state index contributed by atoms with van der Waals surface area (Å²) < 4.78 is 1.02. The van der Waals surface area contributed by atoms with E-state index in [4.69, 9.17) is 5.73 Å². The molecule has 0 aliphatic carbocycles. The van der Waals surface area contributed by atoms with E-state index in [-0.39, 0.29) is 0 Å². The van der Waals surface area contributed by atoms with Gasteiger partial charge in [0.15, 0.2) is 0 Å². The van der Waals surface area contributed by atoms with E-state index in [0.29, 0.717) is 17.1 Å². The molecule has 145 valence electrons. The van der Waals surface area contributed by atoms with Crippen LogP contribution in [0.3, 0.4) is 0 Å². The summed E-state index contributed by atoms with van der Waals surface area (Å²) in [7, 11) is 0. The van der Waals surface area contributed by atoms with Gasteiger partial charge in [0, 0.05) is 34.0 Å². The van der Waals surface area contributed by atoms with E-state index >= 15 is 0 Å². The SMILES string of the molecule is NC(=O)n1[c]c(-c2cccnc2Nc2ccc3cn[nH]c3c2)c(-c2ccccc2)n1. The van der Waals surface area contributed by atoms with Gasteiger partial charge < -0.3 is 11.1 Å². The molecule has 0 aliphatic heterocycles. The highest BCUT2D eigenvalue weighted by Crippen LogP contribution is 2.35. The van der Waals surface area contributed by atoms with Crippen LogP contribution in [-0.4, -0.2) is 31.0 Å². The molecule has 0 saturated carbocycles. The fraction of sp³-hybridized carbons (Fsp3) is 0. The first-order chi connectivity index (χ1) is 14.7. The minimum atomic E-state index is -0.707. The molecule has 3 heterocycles. The predicted molar refractivity (Wildman–Crippen MR) is 114 cm³/mol. The zero-order valence-electron chi connectivity index (χ0n) is 15.7. The third kappa shape index (κ3) is 3.16. The number of aromatic amines is 1. The van der Waals surface area contributed by atoms with Gasteiger partial charge in [0.2, 0.25) is 0 Å². The largest absolute Gasteiger partial charge is 0.350 e.